The summed E-state index contributed by atoms with van der Waals surface area (Å²) in [5.74, 6) is -0.885. The molecule has 0 aliphatic carbocycles. The summed E-state index contributed by atoms with van der Waals surface area (Å²) in [6, 6.07) is 4.87. The lowest BCUT2D eigenvalue weighted by atomic mass is 10.2. The third kappa shape index (κ3) is 3.79. The van der Waals surface area contributed by atoms with Crippen LogP contribution in [0.25, 0.3) is 0 Å². The second-order valence-electron chi connectivity index (χ2n) is 4.37. The Bertz CT molecular complexity index is 712. The van der Waals surface area contributed by atoms with E-state index < -0.39 is 10.9 Å². The first-order chi connectivity index (χ1) is 9.86. The fraction of sp³-hybridized carbons (Fsp3) is 0.231. The monoisotopic (exact) mass is 324 g/mol. The van der Waals surface area contributed by atoms with E-state index >= 15 is 0 Å². The molecule has 8 heteroatoms. The number of rotatable bonds is 5. The van der Waals surface area contributed by atoms with Crippen molar-refractivity contribution < 1.29 is 14.8 Å². The number of aliphatic carboxylic acids is 1. The van der Waals surface area contributed by atoms with E-state index in [2.05, 4.69) is 4.98 Å². The van der Waals surface area contributed by atoms with Crippen LogP contribution in [0.15, 0.2) is 27.4 Å². The van der Waals surface area contributed by atoms with Crippen molar-refractivity contribution in [3.63, 3.8) is 0 Å². The lowest BCUT2D eigenvalue weighted by Crippen LogP contribution is -1.99. The van der Waals surface area contributed by atoms with Crippen molar-refractivity contribution in [1.82, 2.24) is 4.98 Å². The number of hydrogen-bond acceptors (Lipinski definition) is 6. The lowest BCUT2D eigenvalue weighted by Gasteiger charge is -2.00. The zero-order valence-electron chi connectivity index (χ0n) is 11.3. The van der Waals surface area contributed by atoms with Gasteiger partial charge in [-0.3, -0.25) is 14.9 Å². The highest BCUT2D eigenvalue weighted by Crippen LogP contribution is 2.34. The molecule has 0 saturated carbocycles. The number of carboxylic acids is 1. The molecule has 0 atom stereocenters. The zero-order valence-corrected chi connectivity index (χ0v) is 13.0. The molecule has 0 spiro atoms. The lowest BCUT2D eigenvalue weighted by molar-refractivity contribution is -0.385. The average Bonchev–Trinajstić information content (AvgIpc) is 2.68. The van der Waals surface area contributed by atoms with Gasteiger partial charge >= 0.3 is 5.97 Å². The predicted octanol–water partition coefficient (Wildman–Crippen LogP) is 3.45. The van der Waals surface area contributed by atoms with Crippen LogP contribution in [0.5, 0.6) is 0 Å². The largest absolute Gasteiger partial charge is 0.481 e. The molecule has 0 aliphatic rings. The number of carbonyl (C=O) groups is 1. The van der Waals surface area contributed by atoms with Crippen molar-refractivity contribution in [3.8, 4) is 0 Å². The zero-order chi connectivity index (χ0) is 15.6. The van der Waals surface area contributed by atoms with Crippen LogP contribution >= 0.6 is 23.1 Å². The molecule has 1 aromatic heterocycles. The number of nitro groups is 1. The molecule has 1 aromatic carbocycles. The number of aryl methyl sites for hydroxylation is 2. The van der Waals surface area contributed by atoms with Crippen molar-refractivity contribution in [1.29, 1.82) is 0 Å². The Labute approximate surface area is 129 Å². The van der Waals surface area contributed by atoms with Crippen LogP contribution in [0, 0.1) is 24.0 Å². The van der Waals surface area contributed by atoms with Gasteiger partial charge in [0.15, 0.2) is 4.34 Å². The summed E-state index contributed by atoms with van der Waals surface area (Å²) in [7, 11) is 0. The number of benzene rings is 1. The minimum Gasteiger partial charge on any atom is -0.481 e. The summed E-state index contributed by atoms with van der Waals surface area (Å²) in [6.07, 6.45) is -0.0383. The molecule has 110 valence electrons. The van der Waals surface area contributed by atoms with Gasteiger partial charge in [0, 0.05) is 21.4 Å². The maximum absolute atomic E-state index is 10.8. The molecular weight excluding hydrogens is 312 g/mol. The minimum absolute atomic E-state index is 0.0383. The Kier molecular flexibility index (Phi) is 4.59. The van der Waals surface area contributed by atoms with Gasteiger partial charge in [-0.25, -0.2) is 4.98 Å². The molecule has 0 amide bonds. The third-order valence-corrected chi connectivity index (χ3v) is 4.96. The summed E-state index contributed by atoms with van der Waals surface area (Å²) in [6.45, 7) is 3.46. The highest BCUT2D eigenvalue weighted by Gasteiger charge is 2.14. The van der Waals surface area contributed by atoms with Crippen LogP contribution in [-0.2, 0) is 11.2 Å². The van der Waals surface area contributed by atoms with Gasteiger partial charge in [-0.2, -0.15) is 0 Å². The normalized spacial score (nSPS) is 10.6. The Hall–Kier alpha value is -1.93. The molecule has 1 heterocycles. The topological polar surface area (TPSA) is 93.3 Å². The van der Waals surface area contributed by atoms with E-state index in [-0.39, 0.29) is 12.1 Å². The Morgan fingerprint density at radius 1 is 1.48 bits per heavy atom. The standard InChI is InChI=1S/C13H12N2O4S2/c1-7-5-9(3-4-10(7)15(18)19)20-13-14-8(2)11(21-13)6-12(16)17/h3-5H,6H2,1-2H3,(H,16,17). The molecule has 0 unspecified atom stereocenters. The molecule has 0 radical (unpaired) electrons. The SMILES string of the molecule is Cc1cc(Sc2nc(C)c(CC(=O)O)s2)ccc1[N+](=O)[O-]. The van der Waals surface area contributed by atoms with Gasteiger partial charge < -0.3 is 5.11 Å². The number of hydrogen-bond donors (Lipinski definition) is 1. The fourth-order valence-corrected chi connectivity index (χ4v) is 4.04. The van der Waals surface area contributed by atoms with Crippen LogP contribution < -0.4 is 0 Å². The van der Waals surface area contributed by atoms with Gasteiger partial charge in [-0.05, 0) is 26.0 Å². The van der Waals surface area contributed by atoms with Crippen molar-refractivity contribution in [2.45, 2.75) is 29.5 Å². The first-order valence-electron chi connectivity index (χ1n) is 5.98. The number of aromatic nitrogens is 1. The van der Waals surface area contributed by atoms with Crippen LogP contribution in [-0.4, -0.2) is 21.0 Å². The quantitative estimate of drug-likeness (QED) is 0.669. The molecule has 0 aliphatic heterocycles. The number of nitro benzene ring substituents is 1. The van der Waals surface area contributed by atoms with Gasteiger partial charge in [0.1, 0.15) is 0 Å². The molecule has 0 bridgehead atoms. The molecule has 2 aromatic rings. The van der Waals surface area contributed by atoms with Gasteiger partial charge in [-0.1, -0.05) is 11.8 Å². The first kappa shape index (κ1) is 15.5. The van der Waals surface area contributed by atoms with E-state index in [1.165, 1.54) is 29.2 Å². The smallest absolute Gasteiger partial charge is 0.308 e. The van der Waals surface area contributed by atoms with Crippen LogP contribution in [0.4, 0.5) is 5.69 Å². The average molecular weight is 324 g/mol. The second kappa shape index (κ2) is 6.23. The second-order valence-corrected chi connectivity index (χ2v) is 6.77. The van der Waals surface area contributed by atoms with Crippen molar-refractivity contribution in [3.05, 3.63) is 44.4 Å². The maximum atomic E-state index is 10.8. The summed E-state index contributed by atoms with van der Waals surface area (Å²) in [5.41, 5.74) is 1.38. The maximum Gasteiger partial charge on any atom is 0.308 e. The number of carboxylic acid groups (broad SMARTS) is 1. The highest BCUT2D eigenvalue weighted by atomic mass is 32.2. The summed E-state index contributed by atoms with van der Waals surface area (Å²) < 4.78 is 0.733. The van der Waals surface area contributed by atoms with Crippen molar-refractivity contribution in [2.75, 3.05) is 0 Å². The minimum atomic E-state index is -0.885. The van der Waals surface area contributed by atoms with Crippen molar-refractivity contribution in [2.24, 2.45) is 0 Å². The first-order valence-corrected chi connectivity index (χ1v) is 7.61. The van der Waals surface area contributed by atoms with E-state index in [0.29, 0.717) is 11.3 Å². The van der Waals surface area contributed by atoms with Gasteiger partial charge in [-0.15, -0.1) is 11.3 Å². The van der Waals surface area contributed by atoms with E-state index in [4.69, 9.17) is 5.11 Å². The molecule has 6 nitrogen and oxygen atoms in total. The molecular formula is C13H12N2O4S2. The Morgan fingerprint density at radius 2 is 2.19 bits per heavy atom. The molecule has 21 heavy (non-hydrogen) atoms. The Balaban J connectivity index is 2.20. The molecule has 2 rings (SSSR count). The molecule has 0 fully saturated rings. The summed E-state index contributed by atoms with van der Waals surface area (Å²) >= 11 is 2.71. The summed E-state index contributed by atoms with van der Waals surface area (Å²) in [5, 5.41) is 19.6. The van der Waals surface area contributed by atoms with Crippen molar-refractivity contribution >= 4 is 34.8 Å². The summed E-state index contributed by atoms with van der Waals surface area (Å²) in [4.78, 5) is 27.0. The van der Waals surface area contributed by atoms with Crippen LogP contribution in [0.3, 0.4) is 0 Å². The van der Waals surface area contributed by atoms with E-state index in [1.807, 2.05) is 0 Å². The molecule has 0 saturated heterocycles. The van der Waals surface area contributed by atoms with Gasteiger partial charge in [0.25, 0.3) is 5.69 Å². The number of thiazole rings is 1. The van der Waals surface area contributed by atoms with Crippen LogP contribution in [0.1, 0.15) is 16.1 Å². The third-order valence-electron chi connectivity index (χ3n) is 2.75. The van der Waals surface area contributed by atoms with E-state index in [1.54, 1.807) is 26.0 Å². The molecule has 1 N–H and O–H groups in total. The van der Waals surface area contributed by atoms with E-state index in [0.717, 1.165) is 14.1 Å². The van der Waals surface area contributed by atoms with Gasteiger partial charge in [0.2, 0.25) is 0 Å². The predicted molar refractivity (Wildman–Crippen MR) is 80.1 cm³/mol. The highest BCUT2D eigenvalue weighted by molar-refractivity contribution is 8.01. The van der Waals surface area contributed by atoms with Gasteiger partial charge in [0.05, 0.1) is 17.0 Å². The van der Waals surface area contributed by atoms with Crippen LogP contribution in [0.2, 0.25) is 0 Å². The Morgan fingerprint density at radius 3 is 2.76 bits per heavy atom. The number of nitrogens with zero attached hydrogens (tertiary/aromatic N) is 2. The van der Waals surface area contributed by atoms with E-state index in [9.17, 15) is 14.9 Å². The fourth-order valence-electron chi connectivity index (χ4n) is 1.74.